The predicted octanol–water partition coefficient (Wildman–Crippen LogP) is 4.44. The maximum atomic E-state index is 12.2. The second-order valence-electron chi connectivity index (χ2n) is 5.75. The summed E-state index contributed by atoms with van der Waals surface area (Å²) >= 11 is 0. The average Bonchev–Trinajstić information content (AvgIpc) is 2.97. The van der Waals surface area contributed by atoms with Crippen LogP contribution < -0.4 is 10.1 Å². The van der Waals surface area contributed by atoms with Crippen LogP contribution in [0.4, 0.5) is 18.9 Å². The molecule has 1 aromatic heterocycles. The molecule has 146 valence electrons. The highest BCUT2D eigenvalue weighted by atomic mass is 19.4. The van der Waals surface area contributed by atoms with E-state index in [2.05, 4.69) is 10.1 Å². The van der Waals surface area contributed by atoms with E-state index >= 15 is 0 Å². The molecule has 28 heavy (non-hydrogen) atoms. The first-order valence-corrected chi connectivity index (χ1v) is 8.04. The zero-order chi connectivity index (χ0) is 20.3. The van der Waals surface area contributed by atoms with Crippen LogP contribution in [0.25, 0.3) is 11.0 Å². The number of esters is 1. The molecule has 0 bridgehead atoms. The molecule has 3 rings (SSSR count). The number of rotatable bonds is 5. The van der Waals surface area contributed by atoms with Crippen molar-refractivity contribution in [1.29, 1.82) is 0 Å². The highest BCUT2D eigenvalue weighted by Gasteiger charge is 2.31. The second-order valence-corrected chi connectivity index (χ2v) is 5.75. The molecule has 9 heteroatoms. The van der Waals surface area contributed by atoms with Crippen LogP contribution in [0.15, 0.2) is 52.9 Å². The summed E-state index contributed by atoms with van der Waals surface area (Å²) in [7, 11) is 0. The number of para-hydroxylation sites is 1. The highest BCUT2D eigenvalue weighted by molar-refractivity contribution is 5.98. The van der Waals surface area contributed by atoms with Crippen molar-refractivity contribution in [3.8, 4) is 5.75 Å². The summed E-state index contributed by atoms with van der Waals surface area (Å²) in [6, 6.07) is 11.6. The van der Waals surface area contributed by atoms with Crippen molar-refractivity contribution in [2.45, 2.75) is 13.3 Å². The third-order valence-electron chi connectivity index (χ3n) is 3.74. The Bertz CT molecular complexity index is 1010. The highest BCUT2D eigenvalue weighted by Crippen LogP contribution is 2.26. The molecule has 0 unspecified atom stereocenters. The number of anilines is 1. The van der Waals surface area contributed by atoms with Gasteiger partial charge in [0.2, 0.25) is 5.76 Å². The lowest BCUT2D eigenvalue weighted by Crippen LogP contribution is -2.21. The Morgan fingerprint density at radius 1 is 1.07 bits per heavy atom. The molecule has 1 heterocycles. The molecule has 3 aromatic rings. The molecule has 1 N–H and O–H groups in total. The van der Waals surface area contributed by atoms with Crippen molar-refractivity contribution in [1.82, 2.24) is 0 Å². The van der Waals surface area contributed by atoms with Crippen LogP contribution in [0, 0.1) is 6.92 Å². The topological polar surface area (TPSA) is 77.8 Å². The van der Waals surface area contributed by atoms with Crippen LogP contribution in [0.5, 0.6) is 5.75 Å². The van der Waals surface area contributed by atoms with Crippen molar-refractivity contribution in [2.24, 2.45) is 0 Å². The zero-order valence-electron chi connectivity index (χ0n) is 14.5. The number of halogens is 3. The Hall–Kier alpha value is -3.49. The number of amides is 1. The van der Waals surface area contributed by atoms with Gasteiger partial charge in [-0.05, 0) is 37.3 Å². The van der Waals surface area contributed by atoms with Crippen molar-refractivity contribution in [3.05, 3.63) is 59.9 Å². The summed E-state index contributed by atoms with van der Waals surface area (Å²) in [5, 5.41) is 3.16. The van der Waals surface area contributed by atoms with E-state index in [1.54, 1.807) is 31.2 Å². The first kappa shape index (κ1) is 19.3. The van der Waals surface area contributed by atoms with Crippen LogP contribution >= 0.6 is 0 Å². The minimum atomic E-state index is -4.80. The van der Waals surface area contributed by atoms with E-state index in [9.17, 15) is 22.8 Å². The third kappa shape index (κ3) is 4.61. The number of hydrogen-bond acceptors (Lipinski definition) is 5. The van der Waals surface area contributed by atoms with E-state index in [1.807, 2.05) is 0 Å². The molecule has 0 fully saturated rings. The molecule has 0 aliphatic heterocycles. The summed E-state index contributed by atoms with van der Waals surface area (Å²) in [5.41, 5.74) is 1.34. The fourth-order valence-electron chi connectivity index (χ4n) is 2.50. The SMILES string of the molecule is Cc1c(C(=O)OCC(=O)Nc2ccc(OC(F)(F)F)cc2)oc2ccccc12. The quantitative estimate of drug-likeness (QED) is 0.649. The molecule has 6 nitrogen and oxygen atoms in total. The Balaban J connectivity index is 1.56. The summed E-state index contributed by atoms with van der Waals surface area (Å²) in [6.45, 7) is 1.11. The van der Waals surface area contributed by atoms with E-state index < -0.39 is 30.6 Å². The normalized spacial score (nSPS) is 11.3. The summed E-state index contributed by atoms with van der Waals surface area (Å²) in [4.78, 5) is 24.0. The monoisotopic (exact) mass is 393 g/mol. The minimum absolute atomic E-state index is 0.00246. The Morgan fingerprint density at radius 3 is 2.39 bits per heavy atom. The molecule has 1 amide bonds. The van der Waals surface area contributed by atoms with Gasteiger partial charge < -0.3 is 19.2 Å². The molecule has 0 radical (unpaired) electrons. The maximum absolute atomic E-state index is 12.2. The van der Waals surface area contributed by atoms with Gasteiger partial charge in [-0.2, -0.15) is 0 Å². The number of nitrogens with one attached hydrogen (secondary N) is 1. The number of alkyl halides is 3. The number of fused-ring (bicyclic) bond motifs is 1. The van der Waals surface area contributed by atoms with Gasteiger partial charge in [0.25, 0.3) is 5.91 Å². The average molecular weight is 393 g/mol. The lowest BCUT2D eigenvalue weighted by Gasteiger charge is -2.10. The number of furan rings is 1. The molecule has 0 aliphatic rings. The van der Waals surface area contributed by atoms with E-state index in [0.29, 0.717) is 11.1 Å². The van der Waals surface area contributed by atoms with Crippen molar-refractivity contribution in [3.63, 3.8) is 0 Å². The fraction of sp³-hybridized carbons (Fsp3) is 0.158. The standard InChI is InChI=1S/C19H14F3NO5/c1-11-14-4-2-3-5-15(14)27-17(11)18(25)26-10-16(24)23-12-6-8-13(9-7-12)28-19(20,21)22/h2-9H,10H2,1H3,(H,23,24). The molecule has 2 aromatic carbocycles. The fourth-order valence-corrected chi connectivity index (χ4v) is 2.50. The third-order valence-corrected chi connectivity index (χ3v) is 3.74. The van der Waals surface area contributed by atoms with Gasteiger partial charge in [0, 0.05) is 16.6 Å². The van der Waals surface area contributed by atoms with Crippen LogP contribution in [0.2, 0.25) is 0 Å². The lowest BCUT2D eigenvalue weighted by molar-refractivity contribution is -0.274. The number of carbonyl (C=O) groups excluding carboxylic acids is 2. The van der Waals surface area contributed by atoms with Gasteiger partial charge in [-0.1, -0.05) is 18.2 Å². The minimum Gasteiger partial charge on any atom is -0.450 e. The molecule has 0 atom stereocenters. The molecular weight excluding hydrogens is 379 g/mol. The smallest absolute Gasteiger partial charge is 0.450 e. The van der Waals surface area contributed by atoms with Gasteiger partial charge in [-0.25, -0.2) is 4.79 Å². The number of carbonyl (C=O) groups is 2. The molecule has 0 spiro atoms. The first-order chi connectivity index (χ1) is 13.2. The molecule has 0 saturated heterocycles. The Morgan fingerprint density at radius 2 is 1.75 bits per heavy atom. The molecule has 0 saturated carbocycles. The number of aryl methyl sites for hydroxylation is 1. The number of ether oxygens (including phenoxy) is 2. The van der Waals surface area contributed by atoms with Gasteiger partial charge in [0.1, 0.15) is 11.3 Å². The number of benzene rings is 2. The summed E-state index contributed by atoms with van der Waals surface area (Å²) in [6.07, 6.45) is -4.80. The van der Waals surface area contributed by atoms with Crippen LogP contribution in [-0.2, 0) is 9.53 Å². The van der Waals surface area contributed by atoms with Gasteiger partial charge in [0.15, 0.2) is 6.61 Å². The van der Waals surface area contributed by atoms with Crippen molar-refractivity contribution >= 4 is 28.5 Å². The van der Waals surface area contributed by atoms with Gasteiger partial charge in [0.05, 0.1) is 0 Å². The van der Waals surface area contributed by atoms with Gasteiger partial charge in [-0.15, -0.1) is 13.2 Å². The zero-order valence-corrected chi connectivity index (χ0v) is 14.5. The Kier molecular flexibility index (Phi) is 5.25. The largest absolute Gasteiger partial charge is 0.573 e. The van der Waals surface area contributed by atoms with Gasteiger partial charge >= 0.3 is 12.3 Å². The van der Waals surface area contributed by atoms with Crippen molar-refractivity contribution in [2.75, 3.05) is 11.9 Å². The lowest BCUT2D eigenvalue weighted by atomic mass is 10.1. The van der Waals surface area contributed by atoms with E-state index in [1.165, 1.54) is 12.1 Å². The number of hydrogen-bond donors (Lipinski definition) is 1. The maximum Gasteiger partial charge on any atom is 0.573 e. The van der Waals surface area contributed by atoms with E-state index in [4.69, 9.17) is 9.15 Å². The second kappa shape index (κ2) is 7.63. The molecule has 0 aliphatic carbocycles. The summed E-state index contributed by atoms with van der Waals surface area (Å²) < 4.78 is 50.5. The van der Waals surface area contributed by atoms with Gasteiger partial charge in [-0.3, -0.25) is 4.79 Å². The first-order valence-electron chi connectivity index (χ1n) is 8.04. The van der Waals surface area contributed by atoms with Crippen LogP contribution in [0.3, 0.4) is 0 Å². The predicted molar refractivity (Wildman–Crippen MR) is 93.0 cm³/mol. The molecular formula is C19H14F3NO5. The van der Waals surface area contributed by atoms with Crippen LogP contribution in [0.1, 0.15) is 16.1 Å². The van der Waals surface area contributed by atoms with Crippen molar-refractivity contribution < 1.29 is 36.7 Å². The summed E-state index contributed by atoms with van der Waals surface area (Å²) in [5.74, 6) is -1.87. The Labute approximate surface area is 156 Å². The van der Waals surface area contributed by atoms with E-state index in [0.717, 1.165) is 17.5 Å². The van der Waals surface area contributed by atoms with Crippen LogP contribution in [-0.4, -0.2) is 24.8 Å². The van der Waals surface area contributed by atoms with E-state index in [-0.39, 0.29) is 11.4 Å².